The molecule has 3 rings (SSSR count). The van der Waals surface area contributed by atoms with E-state index in [1.165, 1.54) is 24.3 Å². The molecule has 0 bridgehead atoms. The molecule has 0 aliphatic carbocycles. The number of likely N-dealkylation sites (tertiary alicyclic amines) is 1. The van der Waals surface area contributed by atoms with E-state index in [-0.39, 0.29) is 0 Å². The number of nitrogens with zero attached hydrogens (tertiary/aromatic N) is 3. The van der Waals surface area contributed by atoms with E-state index in [9.17, 15) is 0 Å². The molecule has 96 valence electrons. The van der Waals surface area contributed by atoms with Gasteiger partial charge in [0.05, 0.1) is 11.7 Å². The number of halogens is 1. The molecule has 3 nitrogen and oxygen atoms in total. The number of fused-ring (bicyclic) bond motifs is 1. The lowest BCUT2D eigenvalue weighted by Crippen LogP contribution is -2.28. The van der Waals surface area contributed by atoms with E-state index in [0.29, 0.717) is 12.0 Å². The highest BCUT2D eigenvalue weighted by Crippen LogP contribution is 2.28. The lowest BCUT2D eigenvalue weighted by atomic mass is 10.1. The van der Waals surface area contributed by atoms with Crippen LogP contribution in [0.4, 0.5) is 0 Å². The molecular weight excluding hydrogens is 290 g/mol. The van der Waals surface area contributed by atoms with Gasteiger partial charge in [-0.2, -0.15) is 0 Å². The summed E-state index contributed by atoms with van der Waals surface area (Å²) in [4.78, 5) is 7.16. The molecule has 0 aromatic carbocycles. The van der Waals surface area contributed by atoms with Crippen LogP contribution in [-0.2, 0) is 0 Å². The van der Waals surface area contributed by atoms with Crippen molar-refractivity contribution in [3.8, 4) is 0 Å². The normalized spacial score (nSPS) is 21.2. The van der Waals surface area contributed by atoms with E-state index in [0.717, 1.165) is 11.0 Å². The van der Waals surface area contributed by atoms with Crippen molar-refractivity contribution in [2.45, 2.75) is 32.2 Å². The van der Waals surface area contributed by atoms with Crippen molar-refractivity contribution in [3.05, 3.63) is 34.8 Å². The van der Waals surface area contributed by atoms with Crippen LogP contribution in [0.5, 0.6) is 0 Å². The Balaban J connectivity index is 1.91. The molecule has 1 atom stereocenters. The third kappa shape index (κ3) is 2.08. The average molecular weight is 308 g/mol. The van der Waals surface area contributed by atoms with E-state index in [1.54, 1.807) is 0 Å². The summed E-state index contributed by atoms with van der Waals surface area (Å²) in [5.74, 6) is 1.77. The maximum Gasteiger partial charge on any atom is 0.117 e. The molecular formula is C14H18BrN3. The fourth-order valence-corrected chi connectivity index (χ4v) is 3.12. The predicted octanol–water partition coefficient (Wildman–Crippen LogP) is 3.29. The van der Waals surface area contributed by atoms with Gasteiger partial charge < -0.3 is 9.30 Å². The largest absolute Gasteiger partial charge is 0.303 e. The first-order valence-electron chi connectivity index (χ1n) is 6.51. The van der Waals surface area contributed by atoms with Crippen LogP contribution in [0.25, 0.3) is 5.52 Å². The van der Waals surface area contributed by atoms with Crippen LogP contribution in [0.3, 0.4) is 0 Å². The molecule has 0 amide bonds. The van der Waals surface area contributed by atoms with Gasteiger partial charge in [-0.15, -0.1) is 0 Å². The molecule has 1 unspecified atom stereocenters. The number of aromatic nitrogens is 2. The maximum atomic E-state index is 4.63. The van der Waals surface area contributed by atoms with Gasteiger partial charge >= 0.3 is 0 Å². The molecule has 0 saturated carbocycles. The number of hydrogen-bond acceptors (Lipinski definition) is 2. The highest BCUT2D eigenvalue weighted by molar-refractivity contribution is 9.10. The van der Waals surface area contributed by atoms with E-state index < -0.39 is 0 Å². The quantitative estimate of drug-likeness (QED) is 0.848. The van der Waals surface area contributed by atoms with Crippen LogP contribution in [0.15, 0.2) is 29.0 Å². The first kappa shape index (κ1) is 12.2. The Bertz CT molecular complexity index is 561. The van der Waals surface area contributed by atoms with Crippen LogP contribution < -0.4 is 0 Å². The summed E-state index contributed by atoms with van der Waals surface area (Å²) in [7, 11) is 0. The second-order valence-corrected chi connectivity index (χ2v) is 6.25. The van der Waals surface area contributed by atoms with Crippen LogP contribution in [-0.4, -0.2) is 33.4 Å². The van der Waals surface area contributed by atoms with Crippen molar-refractivity contribution in [1.29, 1.82) is 0 Å². The zero-order valence-corrected chi connectivity index (χ0v) is 12.4. The minimum absolute atomic E-state index is 0.566. The summed E-state index contributed by atoms with van der Waals surface area (Å²) in [6.45, 7) is 6.85. The topological polar surface area (TPSA) is 20.5 Å². The molecule has 4 heteroatoms. The Kier molecular flexibility index (Phi) is 3.16. The third-order valence-corrected chi connectivity index (χ3v) is 4.33. The second-order valence-electron chi connectivity index (χ2n) is 5.33. The molecule has 1 fully saturated rings. The van der Waals surface area contributed by atoms with Gasteiger partial charge in [0.2, 0.25) is 0 Å². The Labute approximate surface area is 116 Å². The van der Waals surface area contributed by atoms with Gasteiger partial charge in [0.25, 0.3) is 0 Å². The minimum atomic E-state index is 0.566. The second kappa shape index (κ2) is 4.67. The van der Waals surface area contributed by atoms with Gasteiger partial charge in [0.15, 0.2) is 0 Å². The Morgan fingerprint density at radius 1 is 1.44 bits per heavy atom. The summed E-state index contributed by atoms with van der Waals surface area (Å²) in [6.07, 6.45) is 5.30. The van der Waals surface area contributed by atoms with Crippen molar-refractivity contribution in [2.24, 2.45) is 0 Å². The molecule has 1 aliphatic rings. The van der Waals surface area contributed by atoms with Gasteiger partial charge in [-0.25, -0.2) is 4.98 Å². The van der Waals surface area contributed by atoms with Crippen molar-refractivity contribution < 1.29 is 0 Å². The van der Waals surface area contributed by atoms with Crippen molar-refractivity contribution in [1.82, 2.24) is 14.3 Å². The molecule has 2 aromatic heterocycles. The highest BCUT2D eigenvalue weighted by atomic mass is 79.9. The number of rotatable bonds is 2. The van der Waals surface area contributed by atoms with Crippen LogP contribution in [0.1, 0.15) is 32.0 Å². The Hall–Kier alpha value is -0.870. The highest BCUT2D eigenvalue weighted by Gasteiger charge is 2.28. The van der Waals surface area contributed by atoms with Gasteiger partial charge in [0, 0.05) is 29.2 Å². The summed E-state index contributed by atoms with van der Waals surface area (Å²) in [5, 5.41) is 0. The Morgan fingerprint density at radius 2 is 2.28 bits per heavy atom. The minimum Gasteiger partial charge on any atom is -0.303 e. The van der Waals surface area contributed by atoms with Gasteiger partial charge in [0.1, 0.15) is 5.82 Å². The molecule has 0 radical (unpaired) electrons. The lowest BCUT2D eigenvalue weighted by molar-refractivity contribution is 0.272. The predicted molar refractivity (Wildman–Crippen MR) is 77.0 cm³/mol. The number of pyridine rings is 1. The average Bonchev–Trinajstić information content (AvgIpc) is 2.92. The molecule has 1 aliphatic heterocycles. The van der Waals surface area contributed by atoms with Crippen molar-refractivity contribution in [2.75, 3.05) is 13.1 Å². The molecule has 3 heterocycles. The summed E-state index contributed by atoms with van der Waals surface area (Å²) < 4.78 is 3.33. The van der Waals surface area contributed by atoms with Crippen LogP contribution in [0.2, 0.25) is 0 Å². The monoisotopic (exact) mass is 307 g/mol. The molecule has 0 N–H and O–H groups in total. The zero-order valence-electron chi connectivity index (χ0n) is 10.8. The van der Waals surface area contributed by atoms with Gasteiger partial charge in [-0.3, -0.25) is 0 Å². The molecule has 1 saturated heterocycles. The summed E-state index contributed by atoms with van der Waals surface area (Å²) in [5.41, 5.74) is 1.17. The summed E-state index contributed by atoms with van der Waals surface area (Å²) >= 11 is 3.50. The zero-order chi connectivity index (χ0) is 12.7. The standard InChI is InChI=1S/C14H18BrN3/c1-10(2)17-5-3-11(9-17)14-16-8-13-7-12(15)4-6-18(13)14/h4,6-8,10-11H,3,5,9H2,1-2H3. The van der Waals surface area contributed by atoms with E-state index in [2.05, 4.69) is 62.4 Å². The number of hydrogen-bond donors (Lipinski definition) is 0. The third-order valence-electron chi connectivity index (χ3n) is 3.84. The number of imidazole rings is 1. The van der Waals surface area contributed by atoms with E-state index >= 15 is 0 Å². The first-order valence-corrected chi connectivity index (χ1v) is 7.31. The fraction of sp³-hybridized carbons (Fsp3) is 0.500. The first-order chi connectivity index (χ1) is 8.65. The van der Waals surface area contributed by atoms with Gasteiger partial charge in [-0.1, -0.05) is 15.9 Å². The molecule has 0 spiro atoms. The summed E-state index contributed by atoms with van der Waals surface area (Å²) in [6, 6.07) is 4.83. The smallest absolute Gasteiger partial charge is 0.117 e. The maximum absolute atomic E-state index is 4.63. The van der Waals surface area contributed by atoms with Crippen LogP contribution >= 0.6 is 15.9 Å². The Morgan fingerprint density at radius 3 is 3.00 bits per heavy atom. The van der Waals surface area contributed by atoms with E-state index in [1.807, 2.05) is 6.20 Å². The van der Waals surface area contributed by atoms with Crippen molar-refractivity contribution >= 4 is 21.4 Å². The van der Waals surface area contributed by atoms with Crippen LogP contribution in [0, 0.1) is 0 Å². The van der Waals surface area contributed by atoms with Gasteiger partial charge in [-0.05, 0) is 38.9 Å². The molecule has 2 aromatic rings. The van der Waals surface area contributed by atoms with Crippen molar-refractivity contribution in [3.63, 3.8) is 0 Å². The van der Waals surface area contributed by atoms with E-state index in [4.69, 9.17) is 0 Å². The lowest BCUT2D eigenvalue weighted by Gasteiger charge is -2.19. The SMILES string of the molecule is CC(C)N1CCC(c2ncc3cc(Br)ccn23)C1. The molecule has 18 heavy (non-hydrogen) atoms. The fourth-order valence-electron chi connectivity index (χ4n) is 2.76.